The van der Waals surface area contributed by atoms with E-state index in [-0.39, 0.29) is 5.91 Å². The Hall–Kier alpha value is -3.47. The normalized spacial score (nSPS) is 12.3. The van der Waals surface area contributed by atoms with Crippen LogP contribution in [-0.4, -0.2) is 16.1 Å². The van der Waals surface area contributed by atoms with Crippen LogP contribution in [0.2, 0.25) is 0 Å². The van der Waals surface area contributed by atoms with Crippen molar-refractivity contribution in [3.63, 3.8) is 0 Å². The highest BCUT2D eigenvalue weighted by Crippen LogP contribution is 2.18. The second-order valence-corrected chi connectivity index (χ2v) is 7.55. The molecule has 0 saturated carbocycles. The number of hydrazine groups is 1. The third kappa shape index (κ3) is 11.6. The molecule has 33 heavy (non-hydrogen) atoms. The van der Waals surface area contributed by atoms with Crippen molar-refractivity contribution in [1.29, 1.82) is 0 Å². The number of carbonyl (C=O) groups is 1. The molecule has 1 amide bonds. The van der Waals surface area contributed by atoms with E-state index in [2.05, 4.69) is 88.7 Å². The monoisotopic (exact) mass is 444 g/mol. The topological polar surface area (TPSA) is 66.9 Å². The van der Waals surface area contributed by atoms with Crippen molar-refractivity contribution in [1.82, 2.24) is 15.6 Å². The molecule has 5 heteroatoms. The maximum absolute atomic E-state index is 12.0. The predicted octanol–water partition coefficient (Wildman–Crippen LogP) is 6.99. The summed E-state index contributed by atoms with van der Waals surface area (Å²) in [6.07, 6.45) is 30.7. The quantitative estimate of drug-likeness (QED) is 0.176. The van der Waals surface area contributed by atoms with Gasteiger partial charge in [-0.05, 0) is 44.9 Å². The van der Waals surface area contributed by atoms with E-state index >= 15 is 0 Å². The average molecular weight is 445 g/mol. The van der Waals surface area contributed by atoms with Crippen LogP contribution in [0.1, 0.15) is 58.3 Å². The number of benzene rings is 1. The van der Waals surface area contributed by atoms with Crippen molar-refractivity contribution in [2.75, 3.05) is 5.43 Å². The van der Waals surface area contributed by atoms with Gasteiger partial charge in [-0.15, -0.1) is 5.10 Å². The minimum absolute atomic E-state index is 0.0583. The van der Waals surface area contributed by atoms with E-state index in [1.54, 1.807) is 6.20 Å². The zero-order chi connectivity index (χ0) is 23.4. The van der Waals surface area contributed by atoms with Crippen LogP contribution in [-0.2, 0) is 4.79 Å². The minimum atomic E-state index is -0.0583. The molecule has 1 aromatic carbocycles. The molecule has 0 saturated heterocycles. The van der Waals surface area contributed by atoms with Crippen LogP contribution in [0.3, 0.4) is 0 Å². The van der Waals surface area contributed by atoms with E-state index in [4.69, 9.17) is 0 Å². The van der Waals surface area contributed by atoms with Gasteiger partial charge in [0.1, 0.15) is 0 Å². The van der Waals surface area contributed by atoms with Crippen molar-refractivity contribution in [3.8, 4) is 0 Å². The van der Waals surface area contributed by atoms with Gasteiger partial charge in [-0.1, -0.05) is 91.9 Å². The number of hydrogen-bond acceptors (Lipinski definition) is 4. The first-order valence-electron chi connectivity index (χ1n) is 11.8. The summed E-state index contributed by atoms with van der Waals surface area (Å²) in [6.45, 7) is 2.15. The number of amides is 1. The molecule has 0 unspecified atom stereocenters. The Morgan fingerprint density at radius 3 is 2.12 bits per heavy atom. The molecule has 5 nitrogen and oxygen atoms in total. The van der Waals surface area contributed by atoms with Crippen LogP contribution in [0.15, 0.2) is 91.2 Å². The summed E-state index contributed by atoms with van der Waals surface area (Å²) in [4.78, 5) is 12.0. The molecular weight excluding hydrogens is 408 g/mol. The Balaban J connectivity index is 1.50. The zero-order valence-electron chi connectivity index (χ0n) is 19.6. The van der Waals surface area contributed by atoms with Crippen molar-refractivity contribution in [2.24, 2.45) is 0 Å². The van der Waals surface area contributed by atoms with Crippen molar-refractivity contribution >= 4 is 22.5 Å². The Morgan fingerprint density at radius 1 is 0.848 bits per heavy atom. The minimum Gasteiger partial charge on any atom is -0.280 e. The predicted molar refractivity (Wildman–Crippen MR) is 140 cm³/mol. The zero-order valence-corrected chi connectivity index (χ0v) is 19.6. The third-order valence-corrected chi connectivity index (χ3v) is 4.82. The lowest BCUT2D eigenvalue weighted by Crippen LogP contribution is -2.29. The number of carbonyl (C=O) groups excluding carboxylic acids is 1. The van der Waals surface area contributed by atoms with E-state index < -0.39 is 0 Å². The molecule has 2 aromatic rings. The molecule has 2 N–H and O–H groups in total. The lowest BCUT2D eigenvalue weighted by Gasteiger charge is -2.09. The van der Waals surface area contributed by atoms with Gasteiger partial charge >= 0.3 is 0 Å². The number of rotatable bonds is 15. The van der Waals surface area contributed by atoms with E-state index in [0.29, 0.717) is 12.2 Å². The number of nitrogens with one attached hydrogen (secondary N) is 2. The number of aromatic nitrogens is 2. The lowest BCUT2D eigenvalue weighted by atomic mass is 10.2. The highest BCUT2D eigenvalue weighted by Gasteiger charge is 2.04. The largest absolute Gasteiger partial charge is 0.280 e. The van der Waals surface area contributed by atoms with Crippen molar-refractivity contribution in [3.05, 3.63) is 91.2 Å². The maximum Gasteiger partial charge on any atom is 0.238 e. The summed E-state index contributed by atoms with van der Waals surface area (Å²) in [5.74, 6) is 0.497. The molecule has 174 valence electrons. The molecule has 0 radical (unpaired) electrons. The van der Waals surface area contributed by atoms with E-state index in [1.807, 2.05) is 24.3 Å². The molecule has 0 aliphatic carbocycles. The molecule has 2 rings (SSSR count). The Kier molecular flexibility index (Phi) is 13.4. The SMILES string of the molecule is CC/C=C\C/C=C\C/C=C\C/C=C\C/C=C\CCCC(=O)NNc1nncc2ccccc12. The summed E-state index contributed by atoms with van der Waals surface area (Å²) in [7, 11) is 0. The van der Waals surface area contributed by atoms with Crippen LogP contribution < -0.4 is 10.9 Å². The van der Waals surface area contributed by atoms with Crippen molar-refractivity contribution in [2.45, 2.75) is 58.3 Å². The molecule has 1 heterocycles. The smallest absolute Gasteiger partial charge is 0.238 e. The fourth-order valence-corrected chi connectivity index (χ4v) is 3.06. The number of anilines is 1. The molecule has 0 atom stereocenters. The van der Waals surface area contributed by atoms with Gasteiger partial charge in [0.25, 0.3) is 0 Å². The Bertz CT molecular complexity index is 968. The first-order chi connectivity index (χ1) is 16.3. The van der Waals surface area contributed by atoms with Crippen LogP contribution in [0.25, 0.3) is 10.8 Å². The van der Waals surface area contributed by atoms with Gasteiger partial charge in [0.2, 0.25) is 5.91 Å². The second kappa shape index (κ2) is 17.1. The molecule has 0 aliphatic rings. The lowest BCUT2D eigenvalue weighted by molar-refractivity contribution is -0.120. The highest BCUT2D eigenvalue weighted by molar-refractivity contribution is 5.91. The number of unbranched alkanes of at least 4 members (excludes halogenated alkanes) is 1. The summed E-state index contributed by atoms with van der Waals surface area (Å²) in [5, 5.41) is 9.91. The van der Waals surface area contributed by atoms with E-state index in [9.17, 15) is 4.79 Å². The number of nitrogens with zero attached hydrogens (tertiary/aromatic N) is 2. The van der Waals surface area contributed by atoms with Crippen molar-refractivity contribution < 1.29 is 4.79 Å². The summed E-state index contributed by atoms with van der Waals surface area (Å²) in [6, 6.07) is 7.78. The molecule has 0 bridgehead atoms. The van der Waals surface area contributed by atoms with E-state index in [0.717, 1.165) is 55.7 Å². The van der Waals surface area contributed by atoms with Gasteiger partial charge in [0, 0.05) is 17.2 Å². The number of hydrogen-bond donors (Lipinski definition) is 2. The first kappa shape index (κ1) is 25.8. The molecule has 0 aliphatic heterocycles. The van der Waals surface area contributed by atoms with Crippen LogP contribution in [0.5, 0.6) is 0 Å². The fourth-order valence-electron chi connectivity index (χ4n) is 3.06. The fraction of sp³-hybridized carbons (Fsp3) is 0.321. The standard InChI is InChI=1S/C28H36N4O/c1-2-3-4-5-6-7-8-9-10-11-12-13-14-15-16-17-18-23-27(33)30-32-28-26-22-20-19-21-25(26)24-29-31-28/h3-4,6-7,9-10,12-13,15-16,19-22,24H,2,5,8,11,14,17-18,23H2,1H3,(H,30,33)(H,31,32)/b4-3-,7-6-,10-9-,13-12-,16-15-. The number of fused-ring (bicyclic) bond motifs is 1. The van der Waals surface area contributed by atoms with Gasteiger partial charge in [0.05, 0.1) is 6.20 Å². The van der Waals surface area contributed by atoms with Crippen LogP contribution in [0.4, 0.5) is 5.82 Å². The first-order valence-corrected chi connectivity index (χ1v) is 11.8. The Labute approximate surface area is 198 Å². The molecular formula is C28H36N4O. The average Bonchev–Trinajstić information content (AvgIpc) is 2.84. The molecule has 0 fully saturated rings. The molecule has 1 aromatic heterocycles. The third-order valence-electron chi connectivity index (χ3n) is 4.82. The molecule has 0 spiro atoms. The van der Waals surface area contributed by atoms with Gasteiger partial charge < -0.3 is 0 Å². The summed E-state index contributed by atoms with van der Waals surface area (Å²) < 4.78 is 0. The highest BCUT2D eigenvalue weighted by atomic mass is 16.2. The van der Waals surface area contributed by atoms with Gasteiger partial charge in [0.15, 0.2) is 5.82 Å². The Morgan fingerprint density at radius 2 is 1.45 bits per heavy atom. The van der Waals surface area contributed by atoms with Crippen LogP contribution in [0, 0.1) is 0 Å². The van der Waals surface area contributed by atoms with E-state index in [1.165, 1.54) is 0 Å². The second-order valence-electron chi connectivity index (χ2n) is 7.55. The van der Waals surface area contributed by atoms with Crippen LogP contribution >= 0.6 is 0 Å². The summed E-state index contributed by atoms with van der Waals surface area (Å²) in [5.41, 5.74) is 5.59. The van der Waals surface area contributed by atoms with Gasteiger partial charge in [-0.25, -0.2) is 0 Å². The number of allylic oxidation sites excluding steroid dienone is 10. The van der Waals surface area contributed by atoms with Gasteiger partial charge in [-0.3, -0.25) is 15.6 Å². The maximum atomic E-state index is 12.0. The summed E-state index contributed by atoms with van der Waals surface area (Å²) >= 11 is 0. The van der Waals surface area contributed by atoms with Gasteiger partial charge in [-0.2, -0.15) is 5.10 Å².